The van der Waals surface area contributed by atoms with Crippen molar-refractivity contribution in [2.75, 3.05) is 0 Å². The maximum absolute atomic E-state index is 10.9. The van der Waals surface area contributed by atoms with Crippen LogP contribution in [0.3, 0.4) is 0 Å². The van der Waals surface area contributed by atoms with E-state index in [-0.39, 0.29) is 0 Å². The predicted molar refractivity (Wildman–Crippen MR) is 88.9 cm³/mol. The molecule has 0 saturated heterocycles. The van der Waals surface area contributed by atoms with Crippen molar-refractivity contribution in [3.05, 3.63) is 72.9 Å². The smallest absolute Gasteiger partial charge is 0.386 e. The lowest BCUT2D eigenvalue weighted by Crippen LogP contribution is -2.60. The predicted octanol–water partition coefficient (Wildman–Crippen LogP) is 2.18. The molecule has 1 N–H and O–H groups in total. The molecule has 2 nitrogen and oxygen atoms in total. The largest absolute Gasteiger partial charge is 0.426 e. The van der Waals surface area contributed by atoms with Crippen LogP contribution < -0.4 is 10.4 Å². The Kier molecular flexibility index (Phi) is 4.40. The van der Waals surface area contributed by atoms with Crippen molar-refractivity contribution < 1.29 is 8.91 Å². The van der Waals surface area contributed by atoms with Gasteiger partial charge in [-0.05, 0) is 29.2 Å². The lowest BCUT2D eigenvalue weighted by Gasteiger charge is -2.32. The summed E-state index contributed by atoms with van der Waals surface area (Å²) in [7, 11) is -5.27. The Labute approximate surface area is 122 Å². The van der Waals surface area contributed by atoms with Gasteiger partial charge in [-0.25, -0.2) is 0 Å². The van der Waals surface area contributed by atoms with Gasteiger partial charge in [-0.2, -0.15) is 0 Å². The van der Waals surface area contributed by atoms with Crippen LogP contribution in [0.15, 0.2) is 72.9 Å². The molecule has 0 radical (unpaired) electrons. The summed E-state index contributed by atoms with van der Waals surface area (Å²) in [4.78, 5) is 10.9. The molecule has 0 amide bonds. The lowest BCUT2D eigenvalue weighted by molar-refractivity contribution is 0.409. The number of rotatable bonds is 5. The molecular formula is C16H20O2Si2. The van der Waals surface area contributed by atoms with Crippen molar-refractivity contribution in [2.24, 2.45) is 0 Å². The Bertz CT molecular complexity index is 570. The summed E-state index contributed by atoms with van der Waals surface area (Å²) in [6, 6.07) is 19.7. The maximum atomic E-state index is 10.9. The molecule has 2 aromatic carbocycles. The topological polar surface area (TPSA) is 29.5 Å². The molecule has 2 aromatic rings. The first-order valence-corrected chi connectivity index (χ1v) is 11.5. The number of hydrogen-bond donors (Lipinski definition) is 1. The van der Waals surface area contributed by atoms with Gasteiger partial charge in [0.25, 0.3) is 0 Å². The highest BCUT2D eigenvalue weighted by Crippen LogP contribution is 2.14. The quantitative estimate of drug-likeness (QED) is 0.858. The first-order valence-electron chi connectivity index (χ1n) is 6.65. The van der Waals surface area contributed by atoms with Crippen LogP contribution >= 0.6 is 0 Å². The third-order valence-electron chi connectivity index (χ3n) is 3.34. The summed E-state index contributed by atoms with van der Waals surface area (Å²) >= 11 is 0. The van der Waals surface area contributed by atoms with Crippen LogP contribution in [0.5, 0.6) is 0 Å². The van der Waals surface area contributed by atoms with Gasteiger partial charge in [0.1, 0.15) is 0 Å². The monoisotopic (exact) mass is 300 g/mol. The van der Waals surface area contributed by atoms with Crippen LogP contribution in [0, 0.1) is 0 Å². The van der Waals surface area contributed by atoms with Gasteiger partial charge in [0.15, 0.2) is 0 Å². The third kappa shape index (κ3) is 3.16. The highest BCUT2D eigenvalue weighted by atomic mass is 28.4. The van der Waals surface area contributed by atoms with Gasteiger partial charge in [-0.3, -0.25) is 0 Å². The molecule has 104 valence electrons. The summed E-state index contributed by atoms with van der Waals surface area (Å²) in [6.45, 7) is 8.00. The standard InChI is InChI=1S/C16H20O2Si2/c1-4-20(17,16-13-9-6-10-14-16)18-19(2,3)15-11-7-5-8-12-15/h4-14,17H,1H2,2-3H3. The minimum absolute atomic E-state index is 0.839. The minimum atomic E-state index is -3.09. The summed E-state index contributed by atoms with van der Waals surface area (Å²) in [6.07, 6.45) is 0. The van der Waals surface area contributed by atoms with Gasteiger partial charge < -0.3 is 8.91 Å². The van der Waals surface area contributed by atoms with E-state index in [9.17, 15) is 4.80 Å². The fourth-order valence-electron chi connectivity index (χ4n) is 2.18. The van der Waals surface area contributed by atoms with Gasteiger partial charge in [-0.15, -0.1) is 6.58 Å². The Morgan fingerprint density at radius 1 is 0.900 bits per heavy atom. The van der Waals surface area contributed by atoms with Crippen molar-refractivity contribution in [1.82, 2.24) is 0 Å². The molecule has 20 heavy (non-hydrogen) atoms. The zero-order chi connectivity index (χ0) is 14.6. The van der Waals surface area contributed by atoms with Crippen LogP contribution in [0.25, 0.3) is 0 Å². The van der Waals surface area contributed by atoms with Gasteiger partial charge >= 0.3 is 8.56 Å². The second kappa shape index (κ2) is 5.89. The highest BCUT2D eigenvalue weighted by molar-refractivity contribution is 6.96. The Morgan fingerprint density at radius 2 is 1.35 bits per heavy atom. The van der Waals surface area contributed by atoms with Crippen molar-refractivity contribution in [1.29, 1.82) is 0 Å². The van der Waals surface area contributed by atoms with E-state index in [1.807, 2.05) is 48.5 Å². The molecule has 0 heterocycles. The molecule has 2 rings (SSSR count). The van der Waals surface area contributed by atoms with Crippen molar-refractivity contribution in [3.8, 4) is 0 Å². The van der Waals surface area contributed by atoms with Crippen molar-refractivity contribution >= 4 is 27.3 Å². The molecule has 0 bridgehead atoms. The molecule has 0 aliphatic carbocycles. The average Bonchev–Trinajstić information content (AvgIpc) is 2.48. The van der Waals surface area contributed by atoms with Gasteiger partial charge in [0.05, 0.1) is 0 Å². The number of benzene rings is 2. The Hall–Kier alpha value is -1.47. The maximum Gasteiger partial charge on any atom is 0.386 e. The van der Waals surface area contributed by atoms with E-state index in [0.717, 1.165) is 5.19 Å². The van der Waals surface area contributed by atoms with Crippen molar-refractivity contribution in [2.45, 2.75) is 13.1 Å². The molecule has 0 saturated carbocycles. The van der Waals surface area contributed by atoms with E-state index in [1.165, 1.54) is 5.19 Å². The van der Waals surface area contributed by atoms with Crippen molar-refractivity contribution in [3.63, 3.8) is 0 Å². The Morgan fingerprint density at radius 3 is 1.80 bits per heavy atom. The van der Waals surface area contributed by atoms with Crippen LogP contribution in [0.1, 0.15) is 0 Å². The van der Waals surface area contributed by atoms with Crippen LogP contribution in [-0.4, -0.2) is 21.7 Å². The van der Waals surface area contributed by atoms with Crippen LogP contribution in [-0.2, 0) is 4.12 Å². The molecule has 4 heteroatoms. The van der Waals surface area contributed by atoms with Gasteiger partial charge in [0, 0.05) is 0 Å². The van der Waals surface area contributed by atoms with Gasteiger partial charge in [-0.1, -0.05) is 60.7 Å². The van der Waals surface area contributed by atoms with Gasteiger partial charge in [0.2, 0.25) is 8.32 Å². The van der Waals surface area contributed by atoms with Crippen LogP contribution in [0.2, 0.25) is 13.1 Å². The number of hydrogen-bond acceptors (Lipinski definition) is 2. The molecular weight excluding hydrogens is 280 g/mol. The van der Waals surface area contributed by atoms with E-state index in [4.69, 9.17) is 4.12 Å². The first-order chi connectivity index (χ1) is 9.48. The summed E-state index contributed by atoms with van der Waals surface area (Å²) in [5.41, 5.74) is 1.60. The lowest BCUT2D eigenvalue weighted by atomic mass is 10.4. The summed E-state index contributed by atoms with van der Waals surface area (Å²) in [5, 5.41) is 2.01. The van der Waals surface area contributed by atoms with E-state index in [2.05, 4.69) is 31.8 Å². The van der Waals surface area contributed by atoms with E-state index < -0.39 is 16.9 Å². The molecule has 0 aliphatic rings. The molecule has 0 fully saturated rings. The van der Waals surface area contributed by atoms with E-state index in [0.29, 0.717) is 0 Å². The fraction of sp³-hybridized carbons (Fsp3) is 0.125. The SMILES string of the molecule is C=C[Si](O)(O[Si](C)(C)c1ccccc1)c1ccccc1. The molecule has 0 aliphatic heterocycles. The molecule has 0 aromatic heterocycles. The summed E-state index contributed by atoms with van der Waals surface area (Å²) in [5.74, 6) is 0. The zero-order valence-electron chi connectivity index (χ0n) is 11.9. The highest BCUT2D eigenvalue weighted by Gasteiger charge is 2.40. The van der Waals surface area contributed by atoms with Crippen LogP contribution in [0.4, 0.5) is 0 Å². The summed E-state index contributed by atoms with van der Waals surface area (Å²) < 4.78 is 6.26. The Balaban J connectivity index is 2.33. The van der Waals surface area contributed by atoms with E-state index >= 15 is 0 Å². The molecule has 1 unspecified atom stereocenters. The second-order valence-electron chi connectivity index (χ2n) is 5.24. The normalized spacial score (nSPS) is 14.6. The zero-order valence-corrected chi connectivity index (χ0v) is 13.9. The average molecular weight is 301 g/mol. The fourth-order valence-corrected chi connectivity index (χ4v) is 8.47. The molecule has 1 atom stereocenters. The first kappa shape index (κ1) is 14.9. The van der Waals surface area contributed by atoms with E-state index in [1.54, 1.807) is 5.70 Å². The minimum Gasteiger partial charge on any atom is -0.426 e. The second-order valence-corrected chi connectivity index (χ2v) is 12.0. The molecule has 0 spiro atoms. The third-order valence-corrected chi connectivity index (χ3v) is 10.1.